The maximum Gasteiger partial charge on any atom is 0.327 e. The van der Waals surface area contributed by atoms with Crippen molar-refractivity contribution in [3.8, 4) is 5.75 Å². The molecule has 2 rings (SSSR count). The van der Waals surface area contributed by atoms with Crippen molar-refractivity contribution in [2.45, 2.75) is 31.3 Å². The molecule has 0 amide bonds. The number of ether oxygens (including phenoxy) is 1. The van der Waals surface area contributed by atoms with Gasteiger partial charge in [-0.25, -0.2) is 4.39 Å². The highest BCUT2D eigenvalue weighted by Gasteiger charge is 2.40. The van der Waals surface area contributed by atoms with Crippen LogP contribution in [0.25, 0.3) is 0 Å². The molecule has 1 aliphatic carbocycles. The Balaban J connectivity index is 2.17. The van der Waals surface area contributed by atoms with Gasteiger partial charge in [0.1, 0.15) is 12.1 Å². The normalized spacial score (nSPS) is 17.0. The van der Waals surface area contributed by atoms with E-state index in [1.165, 1.54) is 13.0 Å². The molecule has 0 bridgehead atoms. The first-order valence-corrected chi connectivity index (χ1v) is 6.40. The van der Waals surface area contributed by atoms with Crippen LogP contribution in [-0.2, 0) is 4.79 Å². The topological polar surface area (TPSA) is 102 Å². The summed E-state index contributed by atoms with van der Waals surface area (Å²) in [6, 6.07) is 3.41. The molecule has 0 heterocycles. The second kappa shape index (κ2) is 5.65. The summed E-state index contributed by atoms with van der Waals surface area (Å²) < 4.78 is 18.8. The number of aliphatic carboxylic acids is 1. The van der Waals surface area contributed by atoms with Crippen molar-refractivity contribution < 1.29 is 24.0 Å². The van der Waals surface area contributed by atoms with Crippen LogP contribution in [0.5, 0.6) is 5.75 Å². The number of nitrogens with zero attached hydrogens (tertiary/aromatic N) is 1. The number of hydrogen-bond donors (Lipinski definition) is 2. The zero-order chi connectivity index (χ0) is 15.6. The van der Waals surface area contributed by atoms with Crippen LogP contribution < -0.4 is 10.1 Å². The third-order valence-corrected chi connectivity index (χ3v) is 3.22. The van der Waals surface area contributed by atoms with E-state index >= 15 is 0 Å². The lowest BCUT2D eigenvalue weighted by Crippen LogP contribution is -2.54. The molecular formula is C13H15FN2O5. The minimum atomic E-state index is -1.43. The third kappa shape index (κ3) is 3.46. The minimum Gasteiger partial charge on any atom is -0.482 e. The van der Waals surface area contributed by atoms with E-state index in [0.29, 0.717) is 0 Å². The maximum atomic E-state index is 13.7. The van der Waals surface area contributed by atoms with Gasteiger partial charge in [-0.3, -0.25) is 20.2 Å². The predicted octanol–water partition coefficient (Wildman–Crippen LogP) is 1.71. The van der Waals surface area contributed by atoms with E-state index in [1.54, 1.807) is 0 Å². The van der Waals surface area contributed by atoms with Crippen molar-refractivity contribution in [1.82, 2.24) is 5.32 Å². The Morgan fingerprint density at radius 3 is 2.81 bits per heavy atom. The highest BCUT2D eigenvalue weighted by molar-refractivity contribution is 5.78. The van der Waals surface area contributed by atoms with Gasteiger partial charge in [0.25, 0.3) is 0 Å². The summed E-state index contributed by atoms with van der Waals surface area (Å²) in [6.45, 7) is 0.987. The highest BCUT2D eigenvalue weighted by Crippen LogP contribution is 2.31. The summed E-state index contributed by atoms with van der Waals surface area (Å²) in [5.74, 6) is -2.61. The molecule has 7 nitrogen and oxygen atoms in total. The molecule has 2 N–H and O–H groups in total. The second-order valence-corrected chi connectivity index (χ2v) is 5.19. The number of hydrogen-bond acceptors (Lipinski definition) is 5. The van der Waals surface area contributed by atoms with Gasteiger partial charge in [-0.1, -0.05) is 6.07 Å². The van der Waals surface area contributed by atoms with Crippen LogP contribution >= 0.6 is 0 Å². The molecule has 1 fully saturated rings. The molecular weight excluding hydrogens is 283 g/mol. The first-order valence-electron chi connectivity index (χ1n) is 6.40. The van der Waals surface area contributed by atoms with Crippen LogP contribution in [0, 0.1) is 15.9 Å². The van der Waals surface area contributed by atoms with Gasteiger partial charge in [-0.15, -0.1) is 0 Å². The standard InChI is InChI=1S/C13H15FN2O5/c1-13(12(17)18,15-8-5-6-8)7-21-11-9(14)3-2-4-10(11)16(19)20/h2-4,8,15H,5-7H2,1H3,(H,17,18). The molecule has 0 aliphatic heterocycles. The van der Waals surface area contributed by atoms with E-state index in [4.69, 9.17) is 4.74 Å². The minimum absolute atomic E-state index is 0.0882. The summed E-state index contributed by atoms with van der Waals surface area (Å²) in [7, 11) is 0. The Bertz CT molecular complexity index is 576. The molecule has 1 unspecified atom stereocenters. The zero-order valence-corrected chi connectivity index (χ0v) is 11.3. The Morgan fingerprint density at radius 2 is 2.29 bits per heavy atom. The lowest BCUT2D eigenvalue weighted by atomic mass is 10.0. The Morgan fingerprint density at radius 1 is 1.62 bits per heavy atom. The summed E-state index contributed by atoms with van der Waals surface area (Å²) in [5.41, 5.74) is -1.97. The van der Waals surface area contributed by atoms with Crippen LogP contribution in [0.3, 0.4) is 0 Å². The molecule has 1 aromatic carbocycles. The number of carboxylic acids is 1. The Hall–Kier alpha value is -2.22. The number of nitro groups is 1. The number of nitrogens with one attached hydrogen (secondary N) is 1. The van der Waals surface area contributed by atoms with E-state index in [2.05, 4.69) is 5.32 Å². The van der Waals surface area contributed by atoms with Crippen molar-refractivity contribution in [3.63, 3.8) is 0 Å². The molecule has 0 radical (unpaired) electrons. The van der Waals surface area contributed by atoms with Gasteiger partial charge < -0.3 is 9.84 Å². The van der Waals surface area contributed by atoms with Gasteiger partial charge in [0.05, 0.1) is 4.92 Å². The van der Waals surface area contributed by atoms with E-state index in [-0.39, 0.29) is 6.04 Å². The summed E-state index contributed by atoms with van der Waals surface area (Å²) in [5, 5.41) is 23.0. The quantitative estimate of drug-likeness (QED) is 0.587. The monoisotopic (exact) mass is 298 g/mol. The van der Waals surface area contributed by atoms with Crippen molar-refractivity contribution >= 4 is 11.7 Å². The molecule has 1 aliphatic rings. The number of carbonyl (C=O) groups is 1. The molecule has 114 valence electrons. The number of halogens is 1. The summed E-state index contributed by atoms with van der Waals surface area (Å²) in [4.78, 5) is 21.4. The van der Waals surface area contributed by atoms with Gasteiger partial charge in [0.15, 0.2) is 5.82 Å². The number of carboxylic acid groups (broad SMARTS) is 1. The predicted molar refractivity (Wildman–Crippen MR) is 70.7 cm³/mol. The number of nitro benzene ring substituents is 1. The Labute approximate surface area is 119 Å². The molecule has 8 heteroatoms. The molecule has 0 saturated heterocycles. The van der Waals surface area contributed by atoms with Crippen LogP contribution in [0.1, 0.15) is 19.8 Å². The fourth-order valence-electron chi connectivity index (χ4n) is 1.84. The fourth-order valence-corrected chi connectivity index (χ4v) is 1.84. The molecule has 21 heavy (non-hydrogen) atoms. The lowest BCUT2D eigenvalue weighted by Gasteiger charge is -2.26. The zero-order valence-electron chi connectivity index (χ0n) is 11.3. The van der Waals surface area contributed by atoms with Crippen molar-refractivity contribution in [3.05, 3.63) is 34.1 Å². The first-order chi connectivity index (χ1) is 9.83. The molecule has 1 aromatic rings. The average Bonchev–Trinajstić information content (AvgIpc) is 3.20. The number of rotatable bonds is 7. The molecule has 0 spiro atoms. The number of para-hydroxylation sites is 1. The third-order valence-electron chi connectivity index (χ3n) is 3.22. The van der Waals surface area contributed by atoms with E-state index in [0.717, 1.165) is 25.0 Å². The van der Waals surface area contributed by atoms with Gasteiger partial charge in [0, 0.05) is 12.1 Å². The second-order valence-electron chi connectivity index (χ2n) is 5.19. The van der Waals surface area contributed by atoms with Gasteiger partial charge in [0.2, 0.25) is 5.75 Å². The average molecular weight is 298 g/mol. The van der Waals surface area contributed by atoms with Crippen molar-refractivity contribution in [1.29, 1.82) is 0 Å². The highest BCUT2D eigenvalue weighted by atomic mass is 19.1. The van der Waals surface area contributed by atoms with Crippen molar-refractivity contribution in [2.75, 3.05) is 6.61 Å². The molecule has 0 aromatic heterocycles. The van der Waals surface area contributed by atoms with Crippen LogP contribution in [0.4, 0.5) is 10.1 Å². The molecule has 1 saturated carbocycles. The van der Waals surface area contributed by atoms with Crippen LogP contribution in [-0.4, -0.2) is 34.2 Å². The summed E-state index contributed by atoms with van der Waals surface area (Å²) in [6.07, 6.45) is 1.73. The van der Waals surface area contributed by atoms with Crippen LogP contribution in [0.15, 0.2) is 18.2 Å². The van der Waals surface area contributed by atoms with Gasteiger partial charge in [-0.05, 0) is 25.8 Å². The van der Waals surface area contributed by atoms with E-state index in [9.17, 15) is 24.4 Å². The lowest BCUT2D eigenvalue weighted by molar-refractivity contribution is -0.386. The SMILES string of the molecule is CC(COc1c(F)cccc1[N+](=O)[O-])(NC1CC1)C(=O)O. The smallest absolute Gasteiger partial charge is 0.327 e. The first kappa shape index (κ1) is 15.2. The van der Waals surface area contributed by atoms with Gasteiger partial charge in [-0.2, -0.15) is 0 Å². The van der Waals surface area contributed by atoms with E-state index < -0.39 is 40.3 Å². The largest absolute Gasteiger partial charge is 0.482 e. The fraction of sp³-hybridized carbons (Fsp3) is 0.462. The number of benzene rings is 1. The van der Waals surface area contributed by atoms with Crippen LogP contribution in [0.2, 0.25) is 0 Å². The summed E-state index contributed by atoms with van der Waals surface area (Å²) >= 11 is 0. The van der Waals surface area contributed by atoms with Gasteiger partial charge >= 0.3 is 11.7 Å². The molecule has 1 atom stereocenters. The maximum absolute atomic E-state index is 13.7. The van der Waals surface area contributed by atoms with Crippen molar-refractivity contribution in [2.24, 2.45) is 0 Å². The van der Waals surface area contributed by atoms with E-state index in [1.807, 2.05) is 0 Å². The Kier molecular flexibility index (Phi) is 4.08.